The second-order valence-electron chi connectivity index (χ2n) is 8.51. The maximum Gasteiger partial charge on any atom is 0.322 e. The first-order valence-electron chi connectivity index (χ1n) is 10.8. The number of carbonyl (C=O) groups excluding carboxylic acids is 3. The Labute approximate surface area is 197 Å². The molecule has 11 nitrogen and oxygen atoms in total. The van der Waals surface area contributed by atoms with Gasteiger partial charge in [-0.1, -0.05) is 6.07 Å². The molecule has 5 heterocycles. The van der Waals surface area contributed by atoms with Gasteiger partial charge in [0, 0.05) is 18.9 Å². The summed E-state index contributed by atoms with van der Waals surface area (Å²) in [5.74, 6) is -1.30. The molecule has 1 aromatic carbocycles. The molecular formula is C23H19FN6O5. The smallest absolute Gasteiger partial charge is 0.322 e. The van der Waals surface area contributed by atoms with E-state index >= 15 is 0 Å². The average molecular weight is 478 g/mol. The minimum absolute atomic E-state index is 0.0511. The molecule has 4 amide bonds. The SMILES string of the molecule is COc1ccc2c(c1F)C(=O)N(CC1(C3=CC4N=C(n5ccnc5)C=CC4O3)NC(=O)NC1=O)C2. The van der Waals surface area contributed by atoms with Crippen molar-refractivity contribution in [2.24, 2.45) is 4.99 Å². The van der Waals surface area contributed by atoms with E-state index in [-0.39, 0.29) is 30.2 Å². The van der Waals surface area contributed by atoms with Crippen LogP contribution >= 0.6 is 0 Å². The van der Waals surface area contributed by atoms with Crippen LogP contribution in [0.25, 0.3) is 0 Å². The Morgan fingerprint density at radius 2 is 2.17 bits per heavy atom. The van der Waals surface area contributed by atoms with Gasteiger partial charge < -0.3 is 19.7 Å². The van der Waals surface area contributed by atoms with Crippen molar-refractivity contribution in [3.8, 4) is 5.75 Å². The van der Waals surface area contributed by atoms with Crippen LogP contribution in [0.1, 0.15) is 15.9 Å². The lowest BCUT2D eigenvalue weighted by atomic mass is 9.95. The van der Waals surface area contributed by atoms with Gasteiger partial charge in [-0.2, -0.15) is 0 Å². The number of rotatable bonds is 4. The normalized spacial score (nSPS) is 26.6. The number of amides is 4. The van der Waals surface area contributed by atoms with E-state index in [0.29, 0.717) is 11.4 Å². The zero-order valence-corrected chi connectivity index (χ0v) is 18.4. The monoisotopic (exact) mass is 478 g/mol. The molecule has 1 aromatic heterocycles. The maximum absolute atomic E-state index is 14.8. The van der Waals surface area contributed by atoms with Crippen LogP contribution in [-0.4, -0.2) is 69.5 Å². The van der Waals surface area contributed by atoms with E-state index in [4.69, 9.17) is 9.47 Å². The molecule has 0 bridgehead atoms. The summed E-state index contributed by atoms with van der Waals surface area (Å²) in [5.41, 5.74) is -1.34. The standard InChI is InChI=1S/C23H19FN6O5/c1-34-15-3-2-12-9-30(20(31)18(12)19(15)24)10-23(21(32)27-22(33)28-23)16-8-13-14(35-16)4-5-17(26-13)29-7-6-25-11-29/h2-8,11,13-14H,9-10H2,1H3,(H2,27,28,32,33). The molecule has 4 aliphatic rings. The van der Waals surface area contributed by atoms with Gasteiger partial charge in [0.2, 0.25) is 0 Å². The number of allylic oxidation sites excluding steroid dienone is 1. The highest BCUT2D eigenvalue weighted by Gasteiger charge is 2.55. The Bertz CT molecular complexity index is 1370. The van der Waals surface area contributed by atoms with Gasteiger partial charge in [-0.05, 0) is 29.9 Å². The van der Waals surface area contributed by atoms with Gasteiger partial charge >= 0.3 is 6.03 Å². The summed E-state index contributed by atoms with van der Waals surface area (Å²) in [6.45, 7) is -0.199. The van der Waals surface area contributed by atoms with Gasteiger partial charge in [-0.3, -0.25) is 24.5 Å². The molecule has 1 fully saturated rings. The van der Waals surface area contributed by atoms with Crippen molar-refractivity contribution in [2.75, 3.05) is 13.7 Å². The Morgan fingerprint density at radius 1 is 1.31 bits per heavy atom. The summed E-state index contributed by atoms with van der Waals surface area (Å²) >= 11 is 0. The van der Waals surface area contributed by atoms with E-state index in [9.17, 15) is 18.8 Å². The number of dihydropyridines is 1. The first-order chi connectivity index (χ1) is 16.9. The molecule has 6 rings (SSSR count). The highest BCUT2D eigenvalue weighted by molar-refractivity contribution is 6.10. The zero-order chi connectivity index (χ0) is 24.3. The van der Waals surface area contributed by atoms with Gasteiger partial charge in [-0.25, -0.2) is 14.2 Å². The van der Waals surface area contributed by atoms with E-state index in [1.165, 1.54) is 18.1 Å². The predicted octanol–water partition coefficient (Wildman–Crippen LogP) is 0.733. The molecule has 4 aliphatic heterocycles. The number of hydrogen-bond donors (Lipinski definition) is 2. The molecule has 2 aromatic rings. The van der Waals surface area contributed by atoms with Crippen molar-refractivity contribution in [1.82, 2.24) is 25.1 Å². The van der Waals surface area contributed by atoms with Crippen LogP contribution in [0.5, 0.6) is 5.75 Å². The number of fused-ring (bicyclic) bond motifs is 2. The molecular weight excluding hydrogens is 459 g/mol. The summed E-state index contributed by atoms with van der Waals surface area (Å²) < 4.78 is 27.6. The number of nitrogens with zero attached hydrogens (tertiary/aromatic N) is 4. The number of benzene rings is 1. The van der Waals surface area contributed by atoms with E-state index in [0.717, 1.165) is 0 Å². The number of nitrogens with one attached hydrogen (secondary N) is 2. The summed E-state index contributed by atoms with van der Waals surface area (Å²) in [6, 6.07) is 1.87. The highest BCUT2D eigenvalue weighted by Crippen LogP contribution is 2.37. The summed E-state index contributed by atoms with van der Waals surface area (Å²) in [4.78, 5) is 48.4. The molecule has 3 unspecified atom stereocenters. The van der Waals surface area contributed by atoms with Crippen molar-refractivity contribution in [3.63, 3.8) is 0 Å². The molecule has 3 atom stereocenters. The average Bonchev–Trinajstić information content (AvgIpc) is 3.61. The van der Waals surface area contributed by atoms with Crippen LogP contribution in [0.2, 0.25) is 0 Å². The van der Waals surface area contributed by atoms with E-state index in [2.05, 4.69) is 20.6 Å². The fraction of sp³-hybridized carbons (Fsp3) is 0.261. The first-order valence-corrected chi connectivity index (χ1v) is 10.8. The maximum atomic E-state index is 14.8. The van der Waals surface area contributed by atoms with E-state index in [1.807, 2.05) is 0 Å². The number of carbonyl (C=O) groups is 3. The Morgan fingerprint density at radius 3 is 2.89 bits per heavy atom. The first kappa shape index (κ1) is 21.1. The van der Waals surface area contributed by atoms with Gasteiger partial charge in [-0.15, -0.1) is 0 Å². The molecule has 12 heteroatoms. The van der Waals surface area contributed by atoms with Crippen LogP contribution in [-0.2, 0) is 16.1 Å². The number of methoxy groups -OCH3 is 1. The largest absolute Gasteiger partial charge is 0.494 e. The number of hydrogen-bond acceptors (Lipinski definition) is 7. The lowest BCUT2D eigenvalue weighted by Gasteiger charge is -2.31. The number of ether oxygens (including phenoxy) is 2. The summed E-state index contributed by atoms with van der Waals surface area (Å²) in [5, 5.41) is 4.85. The lowest BCUT2D eigenvalue weighted by Crippen LogP contribution is -2.57. The molecule has 1 saturated heterocycles. The van der Waals surface area contributed by atoms with Crippen molar-refractivity contribution >= 4 is 23.7 Å². The third-order valence-electron chi connectivity index (χ3n) is 6.47. The third-order valence-corrected chi connectivity index (χ3v) is 6.47. The van der Waals surface area contributed by atoms with Gasteiger partial charge in [0.1, 0.15) is 30.1 Å². The quantitative estimate of drug-likeness (QED) is 0.624. The number of urea groups is 1. The van der Waals surface area contributed by atoms with Crippen LogP contribution < -0.4 is 15.4 Å². The van der Waals surface area contributed by atoms with E-state index in [1.54, 1.807) is 47.6 Å². The van der Waals surface area contributed by atoms with Gasteiger partial charge in [0.15, 0.2) is 17.1 Å². The van der Waals surface area contributed by atoms with Crippen molar-refractivity contribution in [1.29, 1.82) is 0 Å². The molecule has 2 N–H and O–H groups in total. The van der Waals surface area contributed by atoms with E-state index < -0.39 is 41.3 Å². The molecule has 0 saturated carbocycles. The molecule has 35 heavy (non-hydrogen) atoms. The second kappa shape index (κ2) is 7.52. The Hall–Kier alpha value is -4.48. The van der Waals surface area contributed by atoms with Crippen LogP contribution in [0.15, 0.2) is 59.8 Å². The topological polar surface area (TPSA) is 127 Å². The van der Waals surface area contributed by atoms with Crippen LogP contribution in [0.3, 0.4) is 0 Å². The number of imidazole rings is 1. The molecule has 0 aliphatic carbocycles. The fourth-order valence-corrected chi connectivity index (χ4v) is 4.76. The lowest BCUT2D eigenvalue weighted by molar-refractivity contribution is -0.124. The number of halogens is 1. The minimum atomic E-state index is -1.69. The predicted molar refractivity (Wildman–Crippen MR) is 118 cm³/mol. The minimum Gasteiger partial charge on any atom is -0.494 e. The zero-order valence-electron chi connectivity index (χ0n) is 18.4. The van der Waals surface area contributed by atoms with Crippen molar-refractivity contribution in [3.05, 3.63) is 71.8 Å². The van der Waals surface area contributed by atoms with Gasteiger partial charge in [0.05, 0.1) is 19.2 Å². The van der Waals surface area contributed by atoms with Crippen molar-refractivity contribution < 1.29 is 28.2 Å². The molecule has 0 spiro atoms. The second-order valence-corrected chi connectivity index (χ2v) is 8.51. The van der Waals surface area contributed by atoms with Gasteiger partial charge in [0.25, 0.3) is 11.8 Å². The van der Waals surface area contributed by atoms with Crippen LogP contribution in [0.4, 0.5) is 9.18 Å². The number of aliphatic imine (C=N–C) groups is 1. The summed E-state index contributed by atoms with van der Waals surface area (Å²) in [6.07, 6.45) is 9.74. The Kier molecular flexibility index (Phi) is 4.53. The third kappa shape index (κ3) is 3.13. The van der Waals surface area contributed by atoms with Crippen LogP contribution in [0, 0.1) is 5.82 Å². The van der Waals surface area contributed by atoms with Crippen molar-refractivity contribution in [2.45, 2.75) is 24.2 Å². The Balaban J connectivity index is 1.33. The molecule has 178 valence electrons. The number of imide groups is 1. The fourth-order valence-electron chi connectivity index (χ4n) is 4.76. The highest BCUT2D eigenvalue weighted by atomic mass is 19.1. The summed E-state index contributed by atoms with van der Waals surface area (Å²) in [7, 11) is 1.31. The number of aromatic nitrogens is 2. The molecule has 0 radical (unpaired) electrons.